The monoisotopic (exact) mass is 460 g/mol. The van der Waals surface area contributed by atoms with Crippen molar-refractivity contribution in [3.63, 3.8) is 0 Å². The number of nitrogens with one attached hydrogen (secondary N) is 1. The normalized spacial score (nSPS) is 14.5. The fraction of sp³-hybridized carbons (Fsp3) is 0.409. The predicted octanol–water partition coefficient (Wildman–Crippen LogP) is 5.74. The summed E-state index contributed by atoms with van der Waals surface area (Å²) >= 11 is 7.53. The maximum Gasteiger partial charge on any atom is 0.234 e. The summed E-state index contributed by atoms with van der Waals surface area (Å²) in [7, 11) is 1.55. The second-order valence-corrected chi connectivity index (χ2v) is 8.93. The van der Waals surface area contributed by atoms with Crippen molar-refractivity contribution < 1.29 is 13.9 Å². The van der Waals surface area contributed by atoms with Crippen LogP contribution in [0.25, 0.3) is 11.6 Å². The summed E-state index contributed by atoms with van der Waals surface area (Å²) < 4.78 is 13.1. The zero-order chi connectivity index (χ0) is 21.8. The maximum absolute atomic E-state index is 12.7. The predicted molar refractivity (Wildman–Crippen MR) is 122 cm³/mol. The third-order valence-corrected chi connectivity index (χ3v) is 6.78. The van der Waals surface area contributed by atoms with E-state index in [0.29, 0.717) is 28.3 Å². The Balaban J connectivity index is 1.51. The molecule has 0 aliphatic heterocycles. The average molecular weight is 461 g/mol. The lowest BCUT2D eigenvalue weighted by Gasteiger charge is -2.25. The van der Waals surface area contributed by atoms with Gasteiger partial charge in [-0.1, -0.05) is 42.6 Å². The molecule has 0 unspecified atom stereocenters. The van der Waals surface area contributed by atoms with E-state index < -0.39 is 0 Å². The molecule has 1 aliphatic carbocycles. The first-order valence-corrected chi connectivity index (χ1v) is 11.7. The zero-order valence-electron chi connectivity index (χ0n) is 17.6. The lowest BCUT2D eigenvalue weighted by atomic mass is 9.95. The van der Waals surface area contributed by atoms with Crippen LogP contribution >= 0.6 is 23.4 Å². The van der Waals surface area contributed by atoms with E-state index >= 15 is 0 Å². The fourth-order valence-corrected chi connectivity index (χ4v) is 4.82. The van der Waals surface area contributed by atoms with Crippen LogP contribution in [0, 0.1) is 6.92 Å². The number of aryl methyl sites for hydroxylation is 1. The van der Waals surface area contributed by atoms with E-state index in [2.05, 4.69) is 20.1 Å². The van der Waals surface area contributed by atoms with Crippen molar-refractivity contribution >= 4 is 35.0 Å². The topological polar surface area (TPSA) is 82.2 Å². The van der Waals surface area contributed by atoms with Gasteiger partial charge in [-0.2, -0.15) is 0 Å². The SMILES string of the molecule is COc1cc(Cl)c(C)cc1NC(=O)CSc1nnc(-c2ccco2)n1C1CCCCC1. The van der Waals surface area contributed by atoms with Crippen LogP contribution < -0.4 is 10.1 Å². The standard InChI is InChI=1S/C22H25ClN4O3S/c1-14-11-17(19(29-2)12-16(14)23)24-20(28)13-31-22-26-25-21(18-9-6-10-30-18)27(22)15-7-4-3-5-8-15/h6,9-12,15H,3-5,7-8,13H2,1-2H3,(H,24,28). The van der Waals surface area contributed by atoms with Crippen LogP contribution in [0.15, 0.2) is 40.1 Å². The van der Waals surface area contributed by atoms with E-state index in [1.807, 2.05) is 25.1 Å². The largest absolute Gasteiger partial charge is 0.495 e. The number of benzene rings is 1. The second kappa shape index (κ2) is 9.78. The average Bonchev–Trinajstić information content (AvgIpc) is 3.45. The number of nitrogens with zero attached hydrogens (tertiary/aromatic N) is 3. The Morgan fingerprint density at radius 1 is 1.32 bits per heavy atom. The summed E-state index contributed by atoms with van der Waals surface area (Å²) in [6, 6.07) is 7.56. The van der Waals surface area contributed by atoms with Crippen molar-refractivity contribution in [2.75, 3.05) is 18.2 Å². The number of hydrogen-bond acceptors (Lipinski definition) is 6. The molecule has 9 heteroatoms. The number of methoxy groups -OCH3 is 1. The van der Waals surface area contributed by atoms with Crippen molar-refractivity contribution in [3.05, 3.63) is 41.1 Å². The van der Waals surface area contributed by atoms with Gasteiger partial charge in [0.15, 0.2) is 10.9 Å². The fourth-order valence-electron chi connectivity index (χ4n) is 3.86. The van der Waals surface area contributed by atoms with Gasteiger partial charge in [0.2, 0.25) is 11.7 Å². The first-order chi connectivity index (χ1) is 15.1. The lowest BCUT2D eigenvalue weighted by molar-refractivity contribution is -0.113. The molecular formula is C22H25ClN4O3S. The number of ether oxygens (including phenoxy) is 1. The summed E-state index contributed by atoms with van der Waals surface area (Å²) in [5.74, 6) is 1.99. The molecule has 1 N–H and O–H groups in total. The molecule has 1 saturated carbocycles. The van der Waals surface area contributed by atoms with Crippen molar-refractivity contribution in [3.8, 4) is 17.3 Å². The highest BCUT2D eigenvalue weighted by Gasteiger charge is 2.25. The van der Waals surface area contributed by atoms with E-state index in [0.717, 1.165) is 29.4 Å². The van der Waals surface area contributed by atoms with Crippen LogP contribution in [0.2, 0.25) is 5.02 Å². The van der Waals surface area contributed by atoms with Crippen LogP contribution in [-0.2, 0) is 4.79 Å². The minimum absolute atomic E-state index is 0.150. The molecule has 1 fully saturated rings. The molecule has 0 radical (unpaired) electrons. The summed E-state index contributed by atoms with van der Waals surface area (Å²) in [4.78, 5) is 12.7. The molecule has 1 aliphatic rings. The quantitative estimate of drug-likeness (QED) is 0.452. The Morgan fingerprint density at radius 2 is 2.13 bits per heavy atom. The molecule has 4 rings (SSSR count). The number of aromatic nitrogens is 3. The minimum atomic E-state index is -0.150. The lowest BCUT2D eigenvalue weighted by Crippen LogP contribution is -2.17. The highest BCUT2D eigenvalue weighted by molar-refractivity contribution is 7.99. The Hall–Kier alpha value is -2.45. The summed E-state index contributed by atoms with van der Waals surface area (Å²) in [6.07, 6.45) is 7.40. The molecule has 1 amide bonds. The molecule has 164 valence electrons. The van der Waals surface area contributed by atoms with Gasteiger partial charge in [0, 0.05) is 17.1 Å². The number of carbonyl (C=O) groups is 1. The van der Waals surface area contributed by atoms with Gasteiger partial charge in [-0.15, -0.1) is 10.2 Å². The number of rotatable bonds is 7. The second-order valence-electron chi connectivity index (χ2n) is 7.58. The number of hydrogen-bond donors (Lipinski definition) is 1. The van der Waals surface area contributed by atoms with Gasteiger partial charge in [0.1, 0.15) is 5.75 Å². The minimum Gasteiger partial charge on any atom is -0.495 e. The molecule has 0 bridgehead atoms. The molecule has 2 heterocycles. The van der Waals surface area contributed by atoms with Gasteiger partial charge in [-0.3, -0.25) is 9.36 Å². The molecule has 0 spiro atoms. The van der Waals surface area contributed by atoms with Crippen LogP contribution in [0.4, 0.5) is 5.69 Å². The number of anilines is 1. The molecule has 1 aromatic carbocycles. The third kappa shape index (κ3) is 4.91. The number of furan rings is 1. The van der Waals surface area contributed by atoms with Crippen molar-refractivity contribution in [1.29, 1.82) is 0 Å². The van der Waals surface area contributed by atoms with Gasteiger partial charge in [-0.05, 0) is 43.5 Å². The van der Waals surface area contributed by atoms with E-state index in [1.165, 1.54) is 31.0 Å². The van der Waals surface area contributed by atoms with E-state index in [9.17, 15) is 4.79 Å². The van der Waals surface area contributed by atoms with E-state index in [-0.39, 0.29) is 11.7 Å². The van der Waals surface area contributed by atoms with Crippen molar-refractivity contribution in [1.82, 2.24) is 14.8 Å². The van der Waals surface area contributed by atoms with Crippen molar-refractivity contribution in [2.45, 2.75) is 50.2 Å². The van der Waals surface area contributed by atoms with Crippen LogP contribution in [0.1, 0.15) is 43.7 Å². The molecule has 0 atom stereocenters. The number of carbonyl (C=O) groups excluding carboxylic acids is 1. The van der Waals surface area contributed by atoms with Gasteiger partial charge in [0.25, 0.3) is 0 Å². The van der Waals surface area contributed by atoms with Gasteiger partial charge < -0.3 is 14.5 Å². The highest BCUT2D eigenvalue weighted by atomic mass is 35.5. The zero-order valence-corrected chi connectivity index (χ0v) is 19.1. The summed E-state index contributed by atoms with van der Waals surface area (Å²) in [5.41, 5.74) is 1.46. The Labute approximate surface area is 190 Å². The Kier molecular flexibility index (Phi) is 6.87. The highest BCUT2D eigenvalue weighted by Crippen LogP contribution is 2.36. The summed E-state index contributed by atoms with van der Waals surface area (Å²) in [6.45, 7) is 1.88. The van der Waals surface area contributed by atoms with Crippen LogP contribution in [0.3, 0.4) is 0 Å². The molecule has 2 aromatic heterocycles. The van der Waals surface area contributed by atoms with E-state index in [1.54, 1.807) is 19.4 Å². The molecular weight excluding hydrogens is 436 g/mol. The van der Waals surface area contributed by atoms with E-state index in [4.69, 9.17) is 20.8 Å². The van der Waals surface area contributed by atoms with Crippen LogP contribution in [0.5, 0.6) is 5.75 Å². The molecule has 0 saturated heterocycles. The smallest absolute Gasteiger partial charge is 0.234 e. The summed E-state index contributed by atoms with van der Waals surface area (Å²) in [5, 5.41) is 13.0. The molecule has 7 nitrogen and oxygen atoms in total. The van der Waals surface area contributed by atoms with Crippen LogP contribution in [-0.4, -0.2) is 33.5 Å². The number of thioether (sulfide) groups is 1. The maximum atomic E-state index is 12.7. The first-order valence-electron chi connectivity index (χ1n) is 10.3. The Bertz CT molecular complexity index is 1050. The van der Waals surface area contributed by atoms with Gasteiger partial charge in [0.05, 0.1) is 24.8 Å². The first kappa shape index (κ1) is 21.8. The van der Waals surface area contributed by atoms with Gasteiger partial charge in [-0.25, -0.2) is 0 Å². The molecule has 31 heavy (non-hydrogen) atoms. The number of halogens is 1. The van der Waals surface area contributed by atoms with Crippen molar-refractivity contribution in [2.24, 2.45) is 0 Å². The third-order valence-electron chi connectivity index (χ3n) is 5.43. The number of amides is 1. The Morgan fingerprint density at radius 3 is 2.84 bits per heavy atom. The molecule has 3 aromatic rings. The van der Waals surface area contributed by atoms with Gasteiger partial charge >= 0.3 is 0 Å².